The van der Waals surface area contributed by atoms with Gasteiger partial charge in [-0.1, -0.05) is 6.42 Å². The summed E-state index contributed by atoms with van der Waals surface area (Å²) in [5.74, 6) is 0.327. The van der Waals surface area contributed by atoms with E-state index in [1.54, 1.807) is 0 Å². The molecule has 0 atom stereocenters. The minimum atomic E-state index is -0.469. The van der Waals surface area contributed by atoms with Crippen LogP contribution in [0.5, 0.6) is 0 Å². The Morgan fingerprint density at radius 3 is 2.62 bits per heavy atom. The second-order valence-corrected chi connectivity index (χ2v) is 5.65. The van der Waals surface area contributed by atoms with E-state index in [2.05, 4.69) is 4.99 Å². The number of carbonyl (C=O) groups excluding carboxylic acids is 1. The molecule has 1 aliphatic rings. The number of benzene rings is 1. The smallest absolute Gasteiger partial charge is 0.269 e. The van der Waals surface area contributed by atoms with Gasteiger partial charge in [0.05, 0.1) is 15.7 Å². The number of ketones is 1. The molecule has 0 saturated heterocycles. The van der Waals surface area contributed by atoms with E-state index in [1.165, 1.54) is 42.4 Å². The first kappa shape index (κ1) is 17.8. The molecule has 0 unspecified atom stereocenters. The van der Waals surface area contributed by atoms with E-state index >= 15 is 0 Å². The van der Waals surface area contributed by atoms with Gasteiger partial charge >= 0.3 is 0 Å². The van der Waals surface area contributed by atoms with Crippen LogP contribution >= 0.6 is 28.7 Å². The van der Waals surface area contributed by atoms with Gasteiger partial charge in [-0.05, 0) is 31.4 Å². The van der Waals surface area contributed by atoms with Gasteiger partial charge in [0, 0.05) is 24.2 Å². The first-order valence-electron chi connectivity index (χ1n) is 6.60. The number of nitro benzene ring substituents is 1. The fraction of sp³-hybridized carbons (Fsp3) is 0.429. The lowest BCUT2D eigenvalue weighted by Crippen LogP contribution is -2.05. The minimum Gasteiger partial charge on any atom is -0.293 e. The average molecular weight is 373 g/mol. The Balaban J connectivity index is 0.00000220. The standard InChI is InChI=1S/C14H16N2O3S.BrH/c17-13(10-20-14-4-2-1-3-9-15-14)11-5-7-12(8-6-11)16(18)19;/h5-8H,1-4,9-10H2;1H. The molecule has 0 saturated carbocycles. The normalized spacial score (nSPS) is 14.6. The Hall–Kier alpha value is -1.21. The number of halogens is 1. The lowest BCUT2D eigenvalue weighted by atomic mass is 10.1. The third-order valence-electron chi connectivity index (χ3n) is 3.11. The summed E-state index contributed by atoms with van der Waals surface area (Å²) in [4.78, 5) is 26.6. The lowest BCUT2D eigenvalue weighted by molar-refractivity contribution is -0.384. The van der Waals surface area contributed by atoms with Crippen molar-refractivity contribution in [3.63, 3.8) is 0 Å². The molecular formula is C14H17BrN2O3S. The van der Waals surface area contributed by atoms with E-state index in [0.717, 1.165) is 30.9 Å². The monoisotopic (exact) mass is 372 g/mol. The Bertz CT molecular complexity index is 532. The topological polar surface area (TPSA) is 72.6 Å². The molecule has 0 bridgehead atoms. The fourth-order valence-electron chi connectivity index (χ4n) is 1.97. The van der Waals surface area contributed by atoms with Gasteiger partial charge in [-0.25, -0.2) is 0 Å². The third kappa shape index (κ3) is 5.59. The predicted octanol–water partition coefficient (Wildman–Crippen LogP) is 4.06. The van der Waals surface area contributed by atoms with Crippen molar-refractivity contribution in [2.75, 3.05) is 12.3 Å². The summed E-state index contributed by atoms with van der Waals surface area (Å²) in [5, 5.41) is 11.6. The van der Waals surface area contributed by atoms with Crippen LogP contribution in [0.2, 0.25) is 0 Å². The van der Waals surface area contributed by atoms with Gasteiger partial charge in [0.15, 0.2) is 5.78 Å². The van der Waals surface area contributed by atoms with Crippen molar-refractivity contribution in [1.29, 1.82) is 0 Å². The molecule has 114 valence electrons. The van der Waals surface area contributed by atoms with Crippen LogP contribution in [0, 0.1) is 10.1 Å². The molecule has 5 nitrogen and oxygen atoms in total. The van der Waals surface area contributed by atoms with Gasteiger partial charge in [0.1, 0.15) is 0 Å². The van der Waals surface area contributed by atoms with E-state index in [-0.39, 0.29) is 28.5 Å². The fourth-order valence-corrected chi connectivity index (χ4v) is 2.90. The molecule has 0 radical (unpaired) electrons. The summed E-state index contributed by atoms with van der Waals surface area (Å²) >= 11 is 1.49. The van der Waals surface area contributed by atoms with Gasteiger partial charge in [0.2, 0.25) is 0 Å². The Morgan fingerprint density at radius 2 is 1.95 bits per heavy atom. The van der Waals surface area contributed by atoms with Gasteiger partial charge in [-0.2, -0.15) is 0 Å². The van der Waals surface area contributed by atoms with E-state index in [4.69, 9.17) is 0 Å². The first-order valence-corrected chi connectivity index (χ1v) is 7.59. The number of rotatable bonds is 4. The molecule has 0 N–H and O–H groups in total. The zero-order valence-corrected chi connectivity index (χ0v) is 14.0. The van der Waals surface area contributed by atoms with Crippen molar-refractivity contribution in [3.8, 4) is 0 Å². The molecule has 7 heteroatoms. The largest absolute Gasteiger partial charge is 0.293 e. The highest BCUT2D eigenvalue weighted by molar-refractivity contribution is 8.93. The van der Waals surface area contributed by atoms with Crippen LogP contribution in [-0.4, -0.2) is 28.0 Å². The van der Waals surface area contributed by atoms with Crippen LogP contribution in [0.25, 0.3) is 0 Å². The van der Waals surface area contributed by atoms with Gasteiger partial charge in [-0.3, -0.25) is 19.9 Å². The third-order valence-corrected chi connectivity index (χ3v) is 4.18. The molecule has 1 aromatic rings. The number of non-ortho nitro benzene ring substituents is 1. The first-order chi connectivity index (χ1) is 9.66. The molecular weight excluding hydrogens is 356 g/mol. The molecule has 0 amide bonds. The van der Waals surface area contributed by atoms with Crippen LogP contribution in [0.3, 0.4) is 0 Å². The SMILES string of the molecule is Br.O=C(CSC1=NCCCCC1)c1ccc([N+](=O)[O-])cc1. The van der Waals surface area contributed by atoms with Crippen molar-refractivity contribution in [3.05, 3.63) is 39.9 Å². The highest BCUT2D eigenvalue weighted by Gasteiger charge is 2.12. The molecule has 21 heavy (non-hydrogen) atoms. The number of Topliss-reactive ketones (excluding diaryl/α,β-unsaturated/α-hetero) is 1. The average Bonchev–Trinajstić information content (AvgIpc) is 2.73. The Labute approximate surface area is 138 Å². The zero-order chi connectivity index (χ0) is 14.4. The number of thioether (sulfide) groups is 1. The molecule has 1 aliphatic heterocycles. The maximum absolute atomic E-state index is 12.0. The van der Waals surface area contributed by atoms with E-state index in [1.807, 2.05) is 0 Å². The highest BCUT2D eigenvalue weighted by Crippen LogP contribution is 2.18. The number of nitrogens with zero attached hydrogens (tertiary/aromatic N) is 2. The van der Waals surface area contributed by atoms with Crippen LogP contribution in [-0.2, 0) is 0 Å². The summed E-state index contributed by atoms with van der Waals surface area (Å²) in [7, 11) is 0. The molecule has 0 fully saturated rings. The van der Waals surface area contributed by atoms with E-state index in [0.29, 0.717) is 11.3 Å². The molecule has 0 aromatic heterocycles. The Kier molecular flexibility index (Phi) is 7.60. The molecule has 2 rings (SSSR count). The second kappa shape index (κ2) is 8.94. The Morgan fingerprint density at radius 1 is 1.24 bits per heavy atom. The number of carbonyl (C=O) groups is 1. The van der Waals surface area contributed by atoms with Gasteiger partial charge < -0.3 is 0 Å². The summed E-state index contributed by atoms with van der Waals surface area (Å²) in [5.41, 5.74) is 0.514. The number of hydrogen-bond donors (Lipinski definition) is 0. The van der Waals surface area contributed by atoms with Crippen LogP contribution in [0.15, 0.2) is 29.3 Å². The van der Waals surface area contributed by atoms with Crippen molar-refractivity contribution in [2.45, 2.75) is 25.7 Å². The van der Waals surface area contributed by atoms with Gasteiger partial charge in [-0.15, -0.1) is 28.7 Å². The number of nitro groups is 1. The summed E-state index contributed by atoms with van der Waals surface area (Å²) in [6.07, 6.45) is 4.42. The van der Waals surface area contributed by atoms with Crippen LogP contribution in [0.4, 0.5) is 5.69 Å². The van der Waals surface area contributed by atoms with Crippen molar-refractivity contribution in [2.24, 2.45) is 4.99 Å². The quantitative estimate of drug-likeness (QED) is 0.453. The maximum atomic E-state index is 12.0. The number of hydrogen-bond acceptors (Lipinski definition) is 5. The minimum absolute atomic E-state index is 0. The van der Waals surface area contributed by atoms with E-state index < -0.39 is 4.92 Å². The van der Waals surface area contributed by atoms with Crippen molar-refractivity contribution >= 4 is 45.3 Å². The van der Waals surface area contributed by atoms with Gasteiger partial charge in [0.25, 0.3) is 5.69 Å². The lowest BCUT2D eigenvalue weighted by Gasteiger charge is -2.03. The van der Waals surface area contributed by atoms with Crippen LogP contribution < -0.4 is 0 Å². The molecule has 0 spiro atoms. The summed E-state index contributed by atoms with van der Waals surface area (Å²) in [6.45, 7) is 0.855. The molecule has 1 aromatic carbocycles. The van der Waals surface area contributed by atoms with Crippen molar-refractivity contribution < 1.29 is 9.72 Å². The zero-order valence-electron chi connectivity index (χ0n) is 11.5. The predicted molar refractivity (Wildman–Crippen MR) is 91.0 cm³/mol. The van der Waals surface area contributed by atoms with Crippen molar-refractivity contribution in [1.82, 2.24) is 0 Å². The van der Waals surface area contributed by atoms with E-state index in [9.17, 15) is 14.9 Å². The van der Waals surface area contributed by atoms with Crippen LogP contribution in [0.1, 0.15) is 36.0 Å². The second-order valence-electron chi connectivity index (χ2n) is 4.60. The molecule has 0 aliphatic carbocycles. The molecule has 1 heterocycles. The maximum Gasteiger partial charge on any atom is 0.269 e. The number of aliphatic imine (C=N–C) groups is 1. The highest BCUT2D eigenvalue weighted by atomic mass is 79.9. The summed E-state index contributed by atoms with van der Waals surface area (Å²) < 4.78 is 0. The summed E-state index contributed by atoms with van der Waals surface area (Å²) in [6, 6.07) is 5.74.